The molecule has 3 heterocycles. The molecule has 0 amide bonds. The number of furan rings is 1. The number of halogens is 1. The Labute approximate surface area is 187 Å². The third-order valence-electron chi connectivity index (χ3n) is 6.09. The van der Waals surface area contributed by atoms with Crippen LogP contribution in [0.3, 0.4) is 0 Å². The summed E-state index contributed by atoms with van der Waals surface area (Å²) in [4.78, 5) is 2.10. The maximum atomic E-state index is 13.7. The Balaban J connectivity index is 1.57. The van der Waals surface area contributed by atoms with Crippen molar-refractivity contribution in [2.75, 3.05) is 44.4 Å². The Kier molecular flexibility index (Phi) is 6.73. The van der Waals surface area contributed by atoms with Crippen molar-refractivity contribution >= 4 is 19.7 Å². The van der Waals surface area contributed by atoms with E-state index in [9.17, 15) is 21.2 Å². The molecule has 2 saturated heterocycles. The van der Waals surface area contributed by atoms with Gasteiger partial charge in [-0.1, -0.05) is 0 Å². The molecule has 2 aliphatic heterocycles. The molecule has 0 bridgehead atoms. The number of aryl methyl sites for hydroxylation is 1. The maximum absolute atomic E-state index is 13.7. The number of nitrogens with one attached hydrogen (secondary N) is 1. The van der Waals surface area contributed by atoms with Crippen molar-refractivity contribution in [2.45, 2.75) is 29.2 Å². The lowest BCUT2D eigenvalue weighted by atomic mass is 10.1. The van der Waals surface area contributed by atoms with E-state index in [1.807, 2.05) is 6.07 Å². The van der Waals surface area contributed by atoms with E-state index in [-0.39, 0.29) is 22.3 Å². The molecule has 11 heteroatoms. The van der Waals surface area contributed by atoms with Crippen LogP contribution in [0, 0.1) is 12.7 Å². The van der Waals surface area contributed by atoms with Crippen molar-refractivity contribution in [1.82, 2.24) is 10.2 Å². The van der Waals surface area contributed by atoms with Gasteiger partial charge in [0.25, 0.3) is 0 Å². The lowest BCUT2D eigenvalue weighted by Crippen LogP contribution is -2.48. The average molecular weight is 487 g/mol. The number of hydrogen-bond acceptors (Lipinski definition) is 8. The van der Waals surface area contributed by atoms with E-state index in [0.717, 1.165) is 6.07 Å². The highest BCUT2D eigenvalue weighted by Gasteiger charge is 2.46. The minimum atomic E-state index is -3.99. The van der Waals surface area contributed by atoms with Gasteiger partial charge < -0.3 is 14.5 Å². The van der Waals surface area contributed by atoms with E-state index in [2.05, 4.69) is 10.2 Å². The van der Waals surface area contributed by atoms with Gasteiger partial charge in [-0.15, -0.1) is 0 Å². The lowest BCUT2D eigenvalue weighted by molar-refractivity contribution is 0.0113. The van der Waals surface area contributed by atoms with E-state index in [4.69, 9.17) is 9.15 Å². The highest BCUT2D eigenvalue weighted by atomic mass is 32.2. The summed E-state index contributed by atoms with van der Waals surface area (Å²) in [6, 6.07) is 6.21. The first-order valence-electron chi connectivity index (χ1n) is 10.5. The van der Waals surface area contributed by atoms with Crippen LogP contribution in [-0.4, -0.2) is 77.4 Å². The maximum Gasteiger partial charge on any atom is 0.183 e. The van der Waals surface area contributed by atoms with Crippen LogP contribution in [0.15, 0.2) is 45.9 Å². The summed E-state index contributed by atoms with van der Waals surface area (Å²) in [6.45, 7) is 4.33. The van der Waals surface area contributed by atoms with Crippen LogP contribution >= 0.6 is 0 Å². The topological polar surface area (TPSA) is 106 Å². The molecule has 0 spiro atoms. The standard InChI is InChI=1S/C21H27FN2O6S2/c1-15-11-16(4-5-17(15)22)32(27,28)21-14-31(25,26)13-18(21)23-12-19(20-3-2-8-30-20)24-6-9-29-10-7-24/h2-5,8,11,18-19,21,23H,6-7,9-10,12-14H2,1H3/t18-,19?,21-/m0/s1. The van der Waals surface area contributed by atoms with Crippen molar-refractivity contribution in [2.24, 2.45) is 0 Å². The van der Waals surface area contributed by atoms with Gasteiger partial charge in [-0.2, -0.15) is 0 Å². The van der Waals surface area contributed by atoms with Crippen LogP contribution in [0.5, 0.6) is 0 Å². The van der Waals surface area contributed by atoms with Gasteiger partial charge in [0, 0.05) is 25.7 Å². The summed E-state index contributed by atoms with van der Waals surface area (Å²) in [5.74, 6) is -0.532. The van der Waals surface area contributed by atoms with Gasteiger partial charge in [0.1, 0.15) is 11.6 Å². The fourth-order valence-electron chi connectivity index (χ4n) is 4.32. The second-order valence-electron chi connectivity index (χ2n) is 8.27. The molecule has 3 atom stereocenters. The van der Waals surface area contributed by atoms with Crippen LogP contribution in [0.25, 0.3) is 0 Å². The normalized spacial score (nSPS) is 25.1. The van der Waals surface area contributed by atoms with Gasteiger partial charge >= 0.3 is 0 Å². The molecule has 1 aromatic heterocycles. The number of ether oxygens (including phenoxy) is 1. The molecular weight excluding hydrogens is 459 g/mol. The number of morpholine rings is 1. The summed E-state index contributed by atoms with van der Waals surface area (Å²) in [6.07, 6.45) is 1.58. The third-order valence-corrected chi connectivity index (χ3v) is 10.2. The minimum Gasteiger partial charge on any atom is -0.468 e. The van der Waals surface area contributed by atoms with E-state index in [1.165, 1.54) is 19.1 Å². The largest absolute Gasteiger partial charge is 0.468 e. The second kappa shape index (κ2) is 9.22. The molecule has 1 N–H and O–H groups in total. The Morgan fingerprint density at radius 2 is 1.97 bits per heavy atom. The number of rotatable bonds is 7. The first kappa shape index (κ1) is 23.4. The molecule has 176 valence electrons. The van der Waals surface area contributed by atoms with Gasteiger partial charge in [-0.25, -0.2) is 21.2 Å². The highest BCUT2D eigenvalue weighted by molar-refractivity contribution is 7.96. The summed E-state index contributed by atoms with van der Waals surface area (Å²) < 4.78 is 76.1. The van der Waals surface area contributed by atoms with Crippen LogP contribution in [-0.2, 0) is 24.4 Å². The van der Waals surface area contributed by atoms with Gasteiger partial charge in [-0.05, 0) is 42.8 Å². The smallest absolute Gasteiger partial charge is 0.183 e. The molecule has 0 saturated carbocycles. The molecule has 2 aromatic rings. The van der Waals surface area contributed by atoms with Crippen molar-refractivity contribution in [3.8, 4) is 0 Å². The van der Waals surface area contributed by atoms with E-state index in [0.29, 0.717) is 38.6 Å². The van der Waals surface area contributed by atoms with E-state index in [1.54, 1.807) is 12.3 Å². The van der Waals surface area contributed by atoms with Gasteiger partial charge in [-0.3, -0.25) is 4.90 Å². The van der Waals surface area contributed by atoms with Gasteiger partial charge in [0.05, 0.1) is 47.2 Å². The molecule has 4 rings (SSSR count). The average Bonchev–Trinajstić information content (AvgIpc) is 3.39. The van der Waals surface area contributed by atoms with Gasteiger partial charge in [0.15, 0.2) is 19.7 Å². The van der Waals surface area contributed by atoms with Crippen LogP contribution in [0.2, 0.25) is 0 Å². The predicted octanol–water partition coefficient (Wildman–Crippen LogP) is 1.33. The van der Waals surface area contributed by atoms with Crippen molar-refractivity contribution in [3.63, 3.8) is 0 Å². The molecule has 2 aliphatic rings. The summed E-state index contributed by atoms with van der Waals surface area (Å²) >= 11 is 0. The monoisotopic (exact) mass is 486 g/mol. The van der Waals surface area contributed by atoms with Crippen molar-refractivity contribution in [3.05, 3.63) is 53.7 Å². The Hall–Kier alpha value is -1.79. The number of hydrogen-bond donors (Lipinski definition) is 1. The zero-order valence-corrected chi connectivity index (χ0v) is 19.4. The molecule has 2 fully saturated rings. The Morgan fingerprint density at radius 1 is 1.22 bits per heavy atom. The molecule has 8 nitrogen and oxygen atoms in total. The molecule has 1 aromatic carbocycles. The fourth-order valence-corrected chi connectivity index (χ4v) is 9.12. The zero-order chi connectivity index (χ0) is 22.9. The number of nitrogens with zero attached hydrogens (tertiary/aromatic N) is 1. The minimum absolute atomic E-state index is 0.0685. The molecule has 1 unspecified atom stereocenters. The Bertz CT molecular complexity index is 1140. The number of benzene rings is 1. The highest BCUT2D eigenvalue weighted by Crippen LogP contribution is 2.28. The first-order valence-corrected chi connectivity index (χ1v) is 13.8. The van der Waals surface area contributed by atoms with E-state index >= 15 is 0 Å². The molecule has 0 radical (unpaired) electrons. The van der Waals surface area contributed by atoms with Crippen molar-refractivity contribution < 1.29 is 30.4 Å². The third kappa shape index (κ3) is 4.91. The summed E-state index contributed by atoms with van der Waals surface area (Å²) in [7, 11) is -7.54. The number of sulfone groups is 2. The first-order chi connectivity index (χ1) is 15.2. The van der Waals surface area contributed by atoms with Gasteiger partial charge in [0.2, 0.25) is 0 Å². The lowest BCUT2D eigenvalue weighted by Gasteiger charge is -2.34. The van der Waals surface area contributed by atoms with E-state index < -0.39 is 42.5 Å². The van der Waals surface area contributed by atoms with Crippen LogP contribution in [0.1, 0.15) is 17.4 Å². The predicted molar refractivity (Wildman–Crippen MR) is 116 cm³/mol. The molecular formula is C21H27FN2O6S2. The molecule has 0 aliphatic carbocycles. The zero-order valence-electron chi connectivity index (χ0n) is 17.7. The summed E-state index contributed by atoms with van der Waals surface area (Å²) in [5.41, 5.74) is 0.196. The Morgan fingerprint density at radius 3 is 2.62 bits per heavy atom. The molecule has 32 heavy (non-hydrogen) atoms. The SMILES string of the molecule is Cc1cc(S(=O)(=O)[C@H]2CS(=O)(=O)C[C@@H]2NCC(c2ccco2)N2CCOCC2)ccc1F. The van der Waals surface area contributed by atoms with Crippen LogP contribution < -0.4 is 5.32 Å². The quantitative estimate of drug-likeness (QED) is 0.585. The summed E-state index contributed by atoms with van der Waals surface area (Å²) in [5, 5.41) is 2.05. The fraction of sp³-hybridized carbons (Fsp3) is 0.524. The van der Waals surface area contributed by atoms with Crippen molar-refractivity contribution in [1.29, 1.82) is 0 Å². The second-order valence-corrected chi connectivity index (χ2v) is 12.6. The van der Waals surface area contributed by atoms with Crippen LogP contribution in [0.4, 0.5) is 4.39 Å².